The summed E-state index contributed by atoms with van der Waals surface area (Å²) in [5.74, 6) is -1.96. The van der Waals surface area contributed by atoms with Gasteiger partial charge in [-0.3, -0.25) is 0 Å². The molecule has 0 spiro atoms. The van der Waals surface area contributed by atoms with E-state index >= 15 is 0 Å². The van der Waals surface area contributed by atoms with Gasteiger partial charge >= 0.3 is 0 Å². The lowest BCUT2D eigenvalue weighted by Crippen LogP contribution is -2.26. The lowest BCUT2D eigenvalue weighted by Gasteiger charge is -2.19. The lowest BCUT2D eigenvalue weighted by molar-refractivity contribution is -0.0117. The average Bonchev–Trinajstić information content (AvgIpc) is 2.58. The molecule has 0 aromatic heterocycles. The number of rotatable bonds is 2. The van der Waals surface area contributed by atoms with Crippen LogP contribution in [-0.2, 0) is 0 Å². The first-order chi connectivity index (χ1) is 7.13. The zero-order valence-corrected chi connectivity index (χ0v) is 9.69. The van der Waals surface area contributed by atoms with Crippen molar-refractivity contribution in [2.24, 2.45) is 0 Å². The van der Waals surface area contributed by atoms with Gasteiger partial charge < -0.3 is 10.1 Å². The van der Waals surface area contributed by atoms with Crippen LogP contribution in [0, 0.1) is 0 Å². The average molecular weight is 250 g/mol. The van der Waals surface area contributed by atoms with Crippen LogP contribution >= 0.6 is 12.4 Å². The molecule has 1 saturated heterocycles. The van der Waals surface area contributed by atoms with Crippen LogP contribution in [0.25, 0.3) is 0 Å². The first kappa shape index (κ1) is 13.2. The molecule has 1 unspecified atom stereocenters. The second-order valence-corrected chi connectivity index (χ2v) is 3.67. The minimum atomic E-state index is -2.64. The SMILES string of the molecule is COc1ccc(C2NCCC2(F)F)cc1.Cl. The number of nitrogens with one attached hydrogen (secondary N) is 1. The van der Waals surface area contributed by atoms with Crippen molar-refractivity contribution in [3.8, 4) is 5.75 Å². The molecule has 0 amide bonds. The molecule has 2 rings (SSSR count). The molecule has 1 N–H and O–H groups in total. The Morgan fingerprint density at radius 1 is 1.31 bits per heavy atom. The molecule has 5 heteroatoms. The second-order valence-electron chi connectivity index (χ2n) is 3.67. The molecule has 2 nitrogen and oxygen atoms in total. The first-order valence-corrected chi connectivity index (χ1v) is 4.88. The highest BCUT2D eigenvalue weighted by Crippen LogP contribution is 2.38. The summed E-state index contributed by atoms with van der Waals surface area (Å²) in [6.07, 6.45) is -0.0936. The van der Waals surface area contributed by atoms with Gasteiger partial charge in [-0.15, -0.1) is 12.4 Å². The summed E-state index contributed by atoms with van der Waals surface area (Å²) in [5.41, 5.74) is 0.610. The summed E-state index contributed by atoms with van der Waals surface area (Å²) in [7, 11) is 1.55. The minimum Gasteiger partial charge on any atom is -0.497 e. The van der Waals surface area contributed by atoms with Crippen molar-refractivity contribution >= 4 is 12.4 Å². The maximum absolute atomic E-state index is 13.4. The fourth-order valence-electron chi connectivity index (χ4n) is 1.83. The number of halogens is 3. The normalized spacial score (nSPS) is 22.6. The van der Waals surface area contributed by atoms with E-state index in [0.29, 0.717) is 17.9 Å². The van der Waals surface area contributed by atoms with Crippen molar-refractivity contribution in [2.45, 2.75) is 18.4 Å². The Morgan fingerprint density at radius 3 is 2.38 bits per heavy atom. The number of hydrogen-bond acceptors (Lipinski definition) is 2. The van der Waals surface area contributed by atoms with E-state index in [1.165, 1.54) is 0 Å². The van der Waals surface area contributed by atoms with Crippen molar-refractivity contribution in [3.05, 3.63) is 29.8 Å². The summed E-state index contributed by atoms with van der Waals surface area (Å²) in [6.45, 7) is 0.365. The molecule has 0 radical (unpaired) electrons. The van der Waals surface area contributed by atoms with Crippen molar-refractivity contribution in [1.29, 1.82) is 0 Å². The van der Waals surface area contributed by atoms with E-state index in [2.05, 4.69) is 5.32 Å². The smallest absolute Gasteiger partial charge is 0.268 e. The summed E-state index contributed by atoms with van der Waals surface area (Å²) < 4.78 is 31.7. The Kier molecular flexibility index (Phi) is 4.10. The van der Waals surface area contributed by atoms with Gasteiger partial charge in [-0.1, -0.05) is 12.1 Å². The van der Waals surface area contributed by atoms with Crippen LogP contribution < -0.4 is 10.1 Å². The molecule has 0 saturated carbocycles. The molecule has 0 bridgehead atoms. The molecule has 0 aliphatic carbocycles. The van der Waals surface area contributed by atoms with Crippen molar-refractivity contribution in [3.63, 3.8) is 0 Å². The van der Waals surface area contributed by atoms with E-state index in [1.54, 1.807) is 31.4 Å². The molecule has 16 heavy (non-hydrogen) atoms. The molecule has 1 heterocycles. The van der Waals surface area contributed by atoms with E-state index in [-0.39, 0.29) is 18.8 Å². The maximum Gasteiger partial charge on any atom is 0.268 e. The van der Waals surface area contributed by atoms with Crippen molar-refractivity contribution in [1.82, 2.24) is 5.32 Å². The minimum absolute atomic E-state index is 0. The lowest BCUT2D eigenvalue weighted by atomic mass is 10.0. The van der Waals surface area contributed by atoms with Gasteiger partial charge in [0.1, 0.15) is 5.75 Å². The summed E-state index contributed by atoms with van der Waals surface area (Å²) in [4.78, 5) is 0. The summed E-state index contributed by atoms with van der Waals surface area (Å²) in [6, 6.07) is 5.89. The number of alkyl halides is 2. The topological polar surface area (TPSA) is 21.3 Å². The summed E-state index contributed by atoms with van der Waals surface area (Å²) >= 11 is 0. The third-order valence-corrected chi connectivity index (χ3v) is 2.68. The number of hydrogen-bond donors (Lipinski definition) is 1. The Labute approximate surface area is 99.4 Å². The number of ether oxygens (including phenoxy) is 1. The molecular formula is C11H14ClF2NO. The quantitative estimate of drug-likeness (QED) is 0.870. The third kappa shape index (κ3) is 2.44. The molecule has 90 valence electrons. The fourth-order valence-corrected chi connectivity index (χ4v) is 1.83. The van der Waals surface area contributed by atoms with E-state index < -0.39 is 12.0 Å². The predicted octanol–water partition coefficient (Wildman–Crippen LogP) is 2.79. The van der Waals surface area contributed by atoms with E-state index in [9.17, 15) is 8.78 Å². The Bertz CT molecular complexity index is 342. The highest BCUT2D eigenvalue weighted by Gasteiger charge is 2.44. The van der Waals surface area contributed by atoms with Crippen molar-refractivity contribution in [2.75, 3.05) is 13.7 Å². The maximum atomic E-state index is 13.4. The van der Waals surface area contributed by atoms with Crippen LogP contribution in [0.1, 0.15) is 18.0 Å². The van der Waals surface area contributed by atoms with Crippen LogP contribution in [0.2, 0.25) is 0 Å². The van der Waals surface area contributed by atoms with E-state index in [0.717, 1.165) is 0 Å². The number of benzene rings is 1. The summed E-state index contributed by atoms with van der Waals surface area (Å²) in [5, 5.41) is 2.81. The highest BCUT2D eigenvalue weighted by atomic mass is 35.5. The molecule has 1 atom stereocenters. The predicted molar refractivity (Wildman–Crippen MR) is 60.5 cm³/mol. The fraction of sp³-hybridized carbons (Fsp3) is 0.455. The van der Waals surface area contributed by atoms with Gasteiger partial charge in [0.05, 0.1) is 13.2 Å². The molecule has 1 aliphatic rings. The van der Waals surface area contributed by atoms with Crippen LogP contribution in [0.4, 0.5) is 8.78 Å². The highest BCUT2D eigenvalue weighted by molar-refractivity contribution is 5.85. The first-order valence-electron chi connectivity index (χ1n) is 4.88. The number of methoxy groups -OCH3 is 1. The molecule has 1 aromatic rings. The Morgan fingerprint density at radius 2 is 1.94 bits per heavy atom. The largest absolute Gasteiger partial charge is 0.497 e. The van der Waals surface area contributed by atoms with E-state index in [4.69, 9.17) is 4.74 Å². The van der Waals surface area contributed by atoms with Gasteiger partial charge in [-0.05, 0) is 17.7 Å². The van der Waals surface area contributed by atoms with Gasteiger partial charge in [-0.2, -0.15) is 0 Å². The standard InChI is InChI=1S/C11H13F2NO.ClH/c1-15-9-4-2-8(3-5-9)10-11(12,13)6-7-14-10;/h2-5,10,14H,6-7H2,1H3;1H. The Hall–Kier alpha value is -0.870. The van der Waals surface area contributed by atoms with Gasteiger partial charge in [-0.25, -0.2) is 8.78 Å². The zero-order chi connectivity index (χ0) is 10.9. The van der Waals surface area contributed by atoms with Crippen LogP contribution in [-0.4, -0.2) is 19.6 Å². The van der Waals surface area contributed by atoms with Crippen LogP contribution in [0.15, 0.2) is 24.3 Å². The Balaban J connectivity index is 0.00000128. The molecular weight excluding hydrogens is 236 g/mol. The molecule has 1 aliphatic heterocycles. The van der Waals surface area contributed by atoms with Gasteiger partial charge in [0.25, 0.3) is 5.92 Å². The zero-order valence-electron chi connectivity index (χ0n) is 8.87. The molecule has 1 fully saturated rings. The van der Waals surface area contributed by atoms with Gasteiger partial charge in [0.2, 0.25) is 0 Å². The molecule has 1 aromatic carbocycles. The van der Waals surface area contributed by atoms with Crippen LogP contribution in [0.5, 0.6) is 5.75 Å². The monoisotopic (exact) mass is 249 g/mol. The van der Waals surface area contributed by atoms with Crippen LogP contribution in [0.3, 0.4) is 0 Å². The second kappa shape index (κ2) is 4.97. The van der Waals surface area contributed by atoms with E-state index in [1.807, 2.05) is 0 Å². The van der Waals surface area contributed by atoms with Gasteiger partial charge in [0, 0.05) is 13.0 Å². The van der Waals surface area contributed by atoms with Crippen molar-refractivity contribution < 1.29 is 13.5 Å². The third-order valence-electron chi connectivity index (χ3n) is 2.68. The van der Waals surface area contributed by atoms with Gasteiger partial charge in [0.15, 0.2) is 0 Å².